The van der Waals surface area contributed by atoms with E-state index in [2.05, 4.69) is 5.32 Å². The molecule has 0 aromatic heterocycles. The SMILES string of the molecule is CCOc1ccccc1OCC(=O)N1CCNCC1. The van der Waals surface area contributed by atoms with Gasteiger partial charge >= 0.3 is 0 Å². The van der Waals surface area contributed by atoms with Crippen molar-refractivity contribution in [2.75, 3.05) is 39.4 Å². The predicted molar refractivity (Wildman–Crippen MR) is 72.6 cm³/mol. The Balaban J connectivity index is 1.89. The van der Waals surface area contributed by atoms with E-state index >= 15 is 0 Å². The van der Waals surface area contributed by atoms with Crippen LogP contribution in [-0.4, -0.2) is 50.2 Å². The number of carbonyl (C=O) groups excluding carboxylic acids is 1. The highest BCUT2D eigenvalue weighted by Crippen LogP contribution is 2.26. The lowest BCUT2D eigenvalue weighted by Gasteiger charge is -2.27. The number of para-hydroxylation sites is 2. The Hall–Kier alpha value is -1.75. The molecule has 1 aromatic rings. The molecule has 0 saturated carbocycles. The third-order valence-electron chi connectivity index (χ3n) is 2.97. The molecule has 1 aromatic carbocycles. The van der Waals surface area contributed by atoms with E-state index in [1.165, 1.54) is 0 Å². The summed E-state index contributed by atoms with van der Waals surface area (Å²) in [6, 6.07) is 7.41. The minimum absolute atomic E-state index is 0.0211. The average molecular weight is 264 g/mol. The zero-order valence-electron chi connectivity index (χ0n) is 11.2. The van der Waals surface area contributed by atoms with Crippen LogP contribution in [0.5, 0.6) is 11.5 Å². The van der Waals surface area contributed by atoms with Crippen molar-refractivity contribution < 1.29 is 14.3 Å². The first-order valence-corrected chi connectivity index (χ1v) is 6.64. The van der Waals surface area contributed by atoms with Gasteiger partial charge in [0.2, 0.25) is 0 Å². The minimum atomic E-state index is 0.0211. The van der Waals surface area contributed by atoms with Crippen molar-refractivity contribution in [2.24, 2.45) is 0 Å². The third kappa shape index (κ3) is 3.86. The second kappa shape index (κ2) is 6.99. The lowest BCUT2D eigenvalue weighted by atomic mass is 10.3. The summed E-state index contributed by atoms with van der Waals surface area (Å²) in [6.07, 6.45) is 0. The summed E-state index contributed by atoms with van der Waals surface area (Å²) >= 11 is 0. The van der Waals surface area contributed by atoms with Gasteiger partial charge in [-0.3, -0.25) is 4.79 Å². The maximum atomic E-state index is 12.0. The van der Waals surface area contributed by atoms with Crippen LogP contribution in [0.3, 0.4) is 0 Å². The smallest absolute Gasteiger partial charge is 0.260 e. The molecule has 2 rings (SSSR count). The van der Waals surface area contributed by atoms with E-state index in [0.29, 0.717) is 18.1 Å². The summed E-state index contributed by atoms with van der Waals surface area (Å²) in [5.41, 5.74) is 0. The molecule has 1 heterocycles. The Labute approximate surface area is 113 Å². The first-order valence-electron chi connectivity index (χ1n) is 6.64. The molecular formula is C14H20N2O3. The van der Waals surface area contributed by atoms with Crippen LogP contribution in [0.1, 0.15) is 6.92 Å². The number of ether oxygens (including phenoxy) is 2. The highest BCUT2D eigenvalue weighted by Gasteiger charge is 2.17. The Morgan fingerprint density at radius 3 is 2.47 bits per heavy atom. The molecule has 5 nitrogen and oxygen atoms in total. The van der Waals surface area contributed by atoms with Crippen molar-refractivity contribution in [3.63, 3.8) is 0 Å². The lowest BCUT2D eigenvalue weighted by Crippen LogP contribution is -2.47. The van der Waals surface area contributed by atoms with Crippen LogP contribution in [0.25, 0.3) is 0 Å². The summed E-state index contributed by atoms with van der Waals surface area (Å²) in [7, 11) is 0. The van der Waals surface area contributed by atoms with E-state index in [1.807, 2.05) is 36.1 Å². The number of carbonyl (C=O) groups is 1. The van der Waals surface area contributed by atoms with Crippen LogP contribution in [0.2, 0.25) is 0 Å². The van der Waals surface area contributed by atoms with Gasteiger partial charge in [-0.1, -0.05) is 12.1 Å². The molecule has 0 spiro atoms. The van der Waals surface area contributed by atoms with Crippen LogP contribution in [0.4, 0.5) is 0 Å². The second-order valence-corrected chi connectivity index (χ2v) is 4.30. The molecule has 5 heteroatoms. The topological polar surface area (TPSA) is 50.8 Å². The fraction of sp³-hybridized carbons (Fsp3) is 0.500. The van der Waals surface area contributed by atoms with Gasteiger partial charge in [0.15, 0.2) is 18.1 Å². The molecule has 1 fully saturated rings. The van der Waals surface area contributed by atoms with Crippen molar-refractivity contribution in [2.45, 2.75) is 6.92 Å². The largest absolute Gasteiger partial charge is 0.490 e. The number of piperazine rings is 1. The average Bonchev–Trinajstić information content (AvgIpc) is 2.47. The van der Waals surface area contributed by atoms with E-state index in [-0.39, 0.29) is 12.5 Å². The first kappa shape index (κ1) is 13.7. The Bertz CT molecular complexity index is 417. The maximum absolute atomic E-state index is 12.0. The van der Waals surface area contributed by atoms with Crippen molar-refractivity contribution in [3.05, 3.63) is 24.3 Å². The molecule has 104 valence electrons. The molecule has 0 radical (unpaired) electrons. The van der Waals surface area contributed by atoms with Gasteiger partial charge in [-0.2, -0.15) is 0 Å². The van der Waals surface area contributed by atoms with Gasteiger partial charge in [0.25, 0.3) is 5.91 Å². The predicted octanol–water partition coefficient (Wildman–Crippen LogP) is 0.896. The second-order valence-electron chi connectivity index (χ2n) is 4.30. The van der Waals surface area contributed by atoms with Crippen LogP contribution in [-0.2, 0) is 4.79 Å². The van der Waals surface area contributed by atoms with Crippen molar-refractivity contribution in [3.8, 4) is 11.5 Å². The lowest BCUT2D eigenvalue weighted by molar-refractivity contribution is -0.133. The van der Waals surface area contributed by atoms with Crippen LogP contribution in [0, 0.1) is 0 Å². The molecule has 0 aliphatic carbocycles. The summed E-state index contributed by atoms with van der Waals surface area (Å²) in [4.78, 5) is 13.8. The number of rotatable bonds is 5. The van der Waals surface area contributed by atoms with Gasteiger partial charge in [-0.15, -0.1) is 0 Å². The quantitative estimate of drug-likeness (QED) is 0.858. The molecule has 19 heavy (non-hydrogen) atoms. The summed E-state index contributed by atoms with van der Waals surface area (Å²) in [5, 5.41) is 3.21. The molecule has 1 N–H and O–H groups in total. The Morgan fingerprint density at radius 1 is 1.21 bits per heavy atom. The van der Waals surface area contributed by atoms with Gasteiger partial charge in [0, 0.05) is 26.2 Å². The number of nitrogens with zero attached hydrogens (tertiary/aromatic N) is 1. The Kier molecular flexibility index (Phi) is 5.03. The highest BCUT2D eigenvalue weighted by atomic mass is 16.5. The van der Waals surface area contributed by atoms with Crippen molar-refractivity contribution in [1.82, 2.24) is 10.2 Å². The van der Waals surface area contributed by atoms with Crippen LogP contribution < -0.4 is 14.8 Å². The van der Waals surface area contributed by atoms with Gasteiger partial charge in [0.1, 0.15) is 0 Å². The zero-order chi connectivity index (χ0) is 13.5. The number of hydrogen-bond donors (Lipinski definition) is 1. The maximum Gasteiger partial charge on any atom is 0.260 e. The van der Waals surface area contributed by atoms with E-state index in [0.717, 1.165) is 26.2 Å². The molecule has 1 aliphatic rings. The molecule has 0 bridgehead atoms. The van der Waals surface area contributed by atoms with E-state index in [9.17, 15) is 4.79 Å². The molecule has 0 atom stereocenters. The molecule has 1 amide bonds. The zero-order valence-corrected chi connectivity index (χ0v) is 11.2. The van der Waals surface area contributed by atoms with Crippen molar-refractivity contribution in [1.29, 1.82) is 0 Å². The first-order chi connectivity index (χ1) is 9.31. The third-order valence-corrected chi connectivity index (χ3v) is 2.97. The van der Waals surface area contributed by atoms with E-state index in [1.54, 1.807) is 0 Å². The van der Waals surface area contributed by atoms with E-state index in [4.69, 9.17) is 9.47 Å². The fourth-order valence-corrected chi connectivity index (χ4v) is 1.99. The van der Waals surface area contributed by atoms with Gasteiger partial charge in [-0.05, 0) is 19.1 Å². The number of benzene rings is 1. The summed E-state index contributed by atoms with van der Waals surface area (Å²) in [5.74, 6) is 1.32. The minimum Gasteiger partial charge on any atom is -0.490 e. The van der Waals surface area contributed by atoms with Crippen LogP contribution >= 0.6 is 0 Å². The summed E-state index contributed by atoms with van der Waals surface area (Å²) in [6.45, 7) is 5.74. The molecule has 1 aliphatic heterocycles. The van der Waals surface area contributed by atoms with Crippen LogP contribution in [0.15, 0.2) is 24.3 Å². The molecule has 0 unspecified atom stereocenters. The monoisotopic (exact) mass is 264 g/mol. The Morgan fingerprint density at radius 2 is 1.84 bits per heavy atom. The van der Waals surface area contributed by atoms with E-state index < -0.39 is 0 Å². The molecular weight excluding hydrogens is 244 g/mol. The summed E-state index contributed by atoms with van der Waals surface area (Å²) < 4.78 is 11.0. The standard InChI is InChI=1S/C14H20N2O3/c1-2-18-12-5-3-4-6-13(12)19-11-14(17)16-9-7-15-8-10-16/h3-6,15H,2,7-11H2,1H3. The van der Waals surface area contributed by atoms with Gasteiger partial charge in [-0.25, -0.2) is 0 Å². The number of hydrogen-bond acceptors (Lipinski definition) is 4. The van der Waals surface area contributed by atoms with Gasteiger partial charge in [0.05, 0.1) is 6.61 Å². The fourth-order valence-electron chi connectivity index (χ4n) is 1.99. The molecule has 1 saturated heterocycles. The normalized spacial score (nSPS) is 15.1. The van der Waals surface area contributed by atoms with Gasteiger partial charge < -0.3 is 19.7 Å². The highest BCUT2D eigenvalue weighted by molar-refractivity contribution is 5.78. The van der Waals surface area contributed by atoms with Crippen molar-refractivity contribution >= 4 is 5.91 Å². The number of nitrogens with one attached hydrogen (secondary N) is 1. The number of amides is 1.